The molecule has 0 saturated heterocycles. The first-order valence-electron chi connectivity index (χ1n) is 27.6. The number of hydrogen-bond acceptors (Lipinski definition) is 3. The van der Waals surface area contributed by atoms with Gasteiger partial charge in [-0.3, -0.25) is 0 Å². The van der Waals surface area contributed by atoms with Crippen molar-refractivity contribution in [2.45, 2.75) is 215 Å². The van der Waals surface area contributed by atoms with Crippen LogP contribution in [0.25, 0.3) is 6.08 Å². The van der Waals surface area contributed by atoms with E-state index in [2.05, 4.69) is 208 Å². The van der Waals surface area contributed by atoms with E-state index in [0.29, 0.717) is 11.8 Å². The molecular formula is C66H85BN2O. The number of allylic oxidation sites excluding steroid dienone is 1. The fourth-order valence-corrected chi connectivity index (χ4v) is 14.9. The molecule has 0 N–H and O–H groups in total. The molecule has 3 unspecified atom stereocenters. The highest BCUT2D eigenvalue weighted by molar-refractivity contribution is 6.99. The van der Waals surface area contributed by atoms with E-state index < -0.39 is 0 Å². The Morgan fingerprint density at radius 1 is 0.643 bits per heavy atom. The van der Waals surface area contributed by atoms with Crippen LogP contribution < -0.4 is 26.4 Å². The molecule has 0 radical (unpaired) electrons. The van der Waals surface area contributed by atoms with Crippen molar-refractivity contribution in [3.8, 4) is 0 Å². The Morgan fingerprint density at radius 3 is 1.83 bits per heavy atom. The van der Waals surface area contributed by atoms with E-state index in [9.17, 15) is 0 Å². The van der Waals surface area contributed by atoms with Crippen molar-refractivity contribution in [2.24, 2.45) is 16.7 Å². The molecular weight excluding hydrogens is 848 g/mol. The van der Waals surface area contributed by atoms with Gasteiger partial charge >= 0.3 is 0 Å². The SMILES string of the molecule is CCC(C)c1cc2c3c(c1)N(c1ccc4c(c1)C(C)(C)CCC4(C)C)c1c(oc4c1C(C)C1C(=C4)C(C)(C)CCC1(C)C)B3c1ccc(C(C)(C)C)cc1N2c1cc2c(cc1C)C(C)(C)CCC2(C)C. The lowest BCUT2D eigenvalue weighted by molar-refractivity contribution is 0.106. The number of anilines is 6. The van der Waals surface area contributed by atoms with Crippen LogP contribution in [0.3, 0.4) is 0 Å². The van der Waals surface area contributed by atoms with E-state index in [1.165, 1.54) is 128 Å². The zero-order valence-corrected chi connectivity index (χ0v) is 46.9. The van der Waals surface area contributed by atoms with Crippen molar-refractivity contribution in [3.05, 3.63) is 117 Å². The van der Waals surface area contributed by atoms with Crippen LogP contribution in [0.1, 0.15) is 232 Å². The van der Waals surface area contributed by atoms with Crippen LogP contribution in [-0.2, 0) is 27.1 Å². The summed E-state index contributed by atoms with van der Waals surface area (Å²) in [6, 6.07) is 25.6. The minimum absolute atomic E-state index is 0.0355. The Morgan fingerprint density at radius 2 is 1.21 bits per heavy atom. The summed E-state index contributed by atoms with van der Waals surface area (Å²) in [6.07, 6.45) is 10.8. The van der Waals surface area contributed by atoms with Gasteiger partial charge in [0.1, 0.15) is 5.76 Å². The zero-order chi connectivity index (χ0) is 50.4. The molecule has 3 nitrogen and oxygen atoms in total. The third kappa shape index (κ3) is 6.85. The average Bonchev–Trinajstić information content (AvgIpc) is 3.67. The monoisotopic (exact) mass is 933 g/mol. The molecule has 1 aromatic heterocycles. The highest BCUT2D eigenvalue weighted by Crippen LogP contribution is 2.62. The van der Waals surface area contributed by atoms with Gasteiger partial charge in [-0.25, -0.2) is 0 Å². The predicted octanol–water partition coefficient (Wildman–Crippen LogP) is 17.1. The number of rotatable bonds is 4. The number of aryl methyl sites for hydroxylation is 1. The lowest BCUT2D eigenvalue weighted by Crippen LogP contribution is -2.61. The quantitative estimate of drug-likeness (QED) is 0.164. The van der Waals surface area contributed by atoms with Crippen LogP contribution in [0.4, 0.5) is 34.1 Å². The first-order chi connectivity index (χ1) is 32.5. The molecule has 0 bridgehead atoms. The lowest BCUT2D eigenvalue weighted by Gasteiger charge is -2.52. The molecule has 0 spiro atoms. The molecule has 0 amide bonds. The standard InChI is InChI=1S/C66H85BN2O/c1-20-38(2)41-32-52-57-53(33-41)69(50-36-47-45(31-39(50)3)62(10,11)27-28-64(47,14)15)51-34-42(60(5,6)7)21-24-49(51)67(57)59-58(68(52)43-22-23-44-46(35-43)63(12,13)26-25-61(44,8)9)55-40(4)56-48(37-54(55)70-59)65(16,17)29-30-66(56,18)19/h21-24,31-38,40,56H,20,25-30H2,1-19H3. The largest absolute Gasteiger partial charge is 0.468 e. The molecule has 4 aromatic carbocycles. The number of benzene rings is 4. The second kappa shape index (κ2) is 15.1. The van der Waals surface area contributed by atoms with Crippen molar-refractivity contribution in [2.75, 3.05) is 9.80 Å². The van der Waals surface area contributed by atoms with Crippen molar-refractivity contribution in [3.63, 3.8) is 0 Å². The van der Waals surface area contributed by atoms with E-state index in [4.69, 9.17) is 4.42 Å². The van der Waals surface area contributed by atoms with Crippen LogP contribution in [-0.4, -0.2) is 6.71 Å². The minimum Gasteiger partial charge on any atom is -0.468 e. The second-order valence-electron chi connectivity index (χ2n) is 28.7. The maximum absolute atomic E-state index is 7.80. The summed E-state index contributed by atoms with van der Waals surface area (Å²) >= 11 is 0. The molecule has 4 heteroatoms. The molecule has 3 atom stereocenters. The Kier molecular flexibility index (Phi) is 10.3. The van der Waals surface area contributed by atoms with Crippen molar-refractivity contribution in [1.29, 1.82) is 0 Å². The summed E-state index contributed by atoms with van der Waals surface area (Å²) in [5, 5.41) is 0. The topological polar surface area (TPSA) is 19.6 Å². The van der Waals surface area contributed by atoms with Gasteiger partial charge in [0.05, 0.1) is 11.3 Å². The van der Waals surface area contributed by atoms with Crippen LogP contribution in [0, 0.1) is 23.7 Å². The van der Waals surface area contributed by atoms with Crippen LogP contribution >= 0.6 is 0 Å². The van der Waals surface area contributed by atoms with Gasteiger partial charge in [-0.1, -0.05) is 154 Å². The minimum atomic E-state index is -0.0805. The van der Waals surface area contributed by atoms with E-state index in [1.54, 1.807) is 5.57 Å². The third-order valence-corrected chi connectivity index (χ3v) is 20.1. The van der Waals surface area contributed by atoms with Gasteiger partial charge in [-0.2, -0.15) is 0 Å². The van der Waals surface area contributed by atoms with Gasteiger partial charge in [0, 0.05) is 34.0 Å². The molecule has 4 aliphatic carbocycles. The summed E-state index contributed by atoms with van der Waals surface area (Å²) in [5.74, 6) is 2.15. The summed E-state index contributed by atoms with van der Waals surface area (Å²) < 4.78 is 7.80. The van der Waals surface area contributed by atoms with Crippen molar-refractivity contribution in [1.82, 2.24) is 0 Å². The van der Waals surface area contributed by atoms with Crippen LogP contribution in [0.15, 0.2) is 70.7 Å². The molecule has 1 saturated carbocycles. The highest BCUT2D eigenvalue weighted by Gasteiger charge is 2.54. The number of furan rings is 1. The predicted molar refractivity (Wildman–Crippen MR) is 302 cm³/mol. The first-order valence-corrected chi connectivity index (χ1v) is 27.6. The Hall–Kier alpha value is -4.44. The summed E-state index contributed by atoms with van der Waals surface area (Å²) in [4.78, 5) is 5.47. The Balaban J connectivity index is 1.28. The van der Waals surface area contributed by atoms with Gasteiger partial charge in [0.2, 0.25) is 0 Å². The number of fused-ring (bicyclic) bond motifs is 9. The fourth-order valence-electron chi connectivity index (χ4n) is 14.9. The highest BCUT2D eigenvalue weighted by atomic mass is 16.3. The summed E-state index contributed by atoms with van der Waals surface area (Å²) in [5.41, 5.74) is 25.3. The smallest absolute Gasteiger partial charge is 0.297 e. The van der Waals surface area contributed by atoms with Crippen LogP contribution in [0.2, 0.25) is 0 Å². The van der Waals surface area contributed by atoms with E-state index >= 15 is 0 Å². The van der Waals surface area contributed by atoms with Crippen molar-refractivity contribution < 1.29 is 4.42 Å². The molecule has 11 rings (SSSR count). The molecule has 368 valence electrons. The van der Waals surface area contributed by atoms with E-state index in [1.807, 2.05) is 0 Å². The summed E-state index contributed by atoms with van der Waals surface area (Å²) in [7, 11) is 0. The fraction of sp³-hybridized carbons (Fsp3) is 0.545. The van der Waals surface area contributed by atoms with Gasteiger partial charge in [-0.15, -0.1) is 0 Å². The molecule has 5 aromatic rings. The zero-order valence-electron chi connectivity index (χ0n) is 46.9. The first kappa shape index (κ1) is 47.9. The van der Waals surface area contributed by atoms with Gasteiger partial charge in [0.25, 0.3) is 6.71 Å². The second-order valence-corrected chi connectivity index (χ2v) is 28.7. The average molecular weight is 933 g/mol. The normalized spacial score (nSPS) is 24.0. The third-order valence-electron chi connectivity index (χ3n) is 20.1. The maximum atomic E-state index is 7.80. The molecule has 2 aliphatic heterocycles. The molecule has 6 aliphatic rings. The number of hydrogen-bond donors (Lipinski definition) is 0. The van der Waals surface area contributed by atoms with Crippen LogP contribution in [0.5, 0.6) is 0 Å². The maximum Gasteiger partial charge on any atom is 0.297 e. The Bertz CT molecular complexity index is 3050. The van der Waals surface area contributed by atoms with E-state index in [-0.39, 0.29) is 50.5 Å². The lowest BCUT2D eigenvalue weighted by atomic mass is 9.35. The molecule has 3 heterocycles. The Labute approximate surface area is 424 Å². The molecule has 1 fully saturated rings. The van der Waals surface area contributed by atoms with Gasteiger partial charge in [-0.05, 0) is 200 Å². The number of nitrogens with zero attached hydrogens (tertiary/aromatic N) is 2. The van der Waals surface area contributed by atoms with Crippen molar-refractivity contribution >= 4 is 63.5 Å². The van der Waals surface area contributed by atoms with Gasteiger partial charge in [0.15, 0.2) is 0 Å². The summed E-state index contributed by atoms with van der Waals surface area (Å²) in [6.45, 7) is 46.7. The molecule has 70 heavy (non-hydrogen) atoms. The van der Waals surface area contributed by atoms with E-state index in [0.717, 1.165) is 17.8 Å². The van der Waals surface area contributed by atoms with Gasteiger partial charge < -0.3 is 14.2 Å².